The van der Waals surface area contributed by atoms with Gasteiger partial charge in [0, 0.05) is 16.0 Å². The number of hydrogen-bond donors (Lipinski definition) is 1. The van der Waals surface area contributed by atoms with Gasteiger partial charge in [-0.05, 0) is 28.8 Å². The summed E-state index contributed by atoms with van der Waals surface area (Å²) in [6.07, 6.45) is 1.79. The van der Waals surface area contributed by atoms with Crippen LogP contribution in [0.2, 0.25) is 0 Å². The Morgan fingerprint density at radius 2 is 1.45 bits per heavy atom. The van der Waals surface area contributed by atoms with E-state index in [4.69, 9.17) is 5.73 Å². The van der Waals surface area contributed by atoms with Gasteiger partial charge in [0.25, 0.3) is 0 Å². The molecule has 0 spiro atoms. The molecule has 0 unspecified atom stereocenters. The van der Waals surface area contributed by atoms with Crippen molar-refractivity contribution in [3.8, 4) is 24.3 Å². The smallest absolute Gasteiger partial charge is 0.181 e. The number of nitriles is 4. The zero-order valence-corrected chi connectivity index (χ0v) is 16.2. The third-order valence-electron chi connectivity index (χ3n) is 4.36. The normalized spacial score (nSPS) is 11.9. The molecule has 0 fully saturated rings. The SMILES string of the molecule is N#CC(C#N)=C1C(=Cc2cc3sc(N)nc3s2)C(=C(C#N)C#N)c2ccccc21. The molecule has 6 nitrogen and oxygen atoms in total. The Hall–Kier alpha value is -4.21. The average molecular weight is 408 g/mol. The maximum atomic E-state index is 9.52. The molecule has 2 heterocycles. The number of thiophene rings is 1. The molecule has 2 aromatic heterocycles. The van der Waals surface area contributed by atoms with E-state index in [-0.39, 0.29) is 11.1 Å². The van der Waals surface area contributed by atoms with Gasteiger partial charge in [0.2, 0.25) is 0 Å². The zero-order valence-electron chi connectivity index (χ0n) is 14.6. The van der Waals surface area contributed by atoms with E-state index in [0.29, 0.717) is 33.0 Å². The summed E-state index contributed by atoms with van der Waals surface area (Å²) in [5.74, 6) is 0. The Balaban J connectivity index is 2.09. The molecule has 1 aliphatic rings. The number of nitrogens with two attached hydrogens (primary N) is 1. The first-order valence-electron chi connectivity index (χ1n) is 8.18. The van der Waals surface area contributed by atoms with E-state index < -0.39 is 0 Å². The fourth-order valence-electron chi connectivity index (χ4n) is 3.27. The van der Waals surface area contributed by atoms with E-state index in [0.717, 1.165) is 14.4 Å². The molecule has 134 valence electrons. The van der Waals surface area contributed by atoms with Crippen LogP contribution in [-0.4, -0.2) is 4.98 Å². The number of hydrogen-bond acceptors (Lipinski definition) is 8. The van der Waals surface area contributed by atoms with Crippen LogP contribution in [0.5, 0.6) is 0 Å². The van der Waals surface area contributed by atoms with Gasteiger partial charge in [-0.1, -0.05) is 35.6 Å². The molecule has 2 N–H and O–H groups in total. The Labute approximate surface area is 173 Å². The summed E-state index contributed by atoms with van der Waals surface area (Å²) in [5.41, 5.74) is 8.24. The lowest BCUT2D eigenvalue weighted by atomic mass is 9.96. The lowest BCUT2D eigenvalue weighted by molar-refractivity contribution is 1.46. The van der Waals surface area contributed by atoms with Gasteiger partial charge < -0.3 is 5.73 Å². The highest BCUT2D eigenvalue weighted by Gasteiger charge is 2.32. The van der Waals surface area contributed by atoms with Crippen molar-refractivity contribution in [1.82, 2.24) is 4.98 Å². The minimum absolute atomic E-state index is 0.0744. The van der Waals surface area contributed by atoms with Gasteiger partial charge in [-0.25, -0.2) is 4.98 Å². The number of allylic oxidation sites excluding steroid dienone is 5. The van der Waals surface area contributed by atoms with Gasteiger partial charge >= 0.3 is 0 Å². The summed E-state index contributed by atoms with van der Waals surface area (Å²) in [6.45, 7) is 0. The minimum atomic E-state index is -0.0744. The van der Waals surface area contributed by atoms with Crippen molar-refractivity contribution in [3.05, 3.63) is 63.1 Å². The van der Waals surface area contributed by atoms with Crippen molar-refractivity contribution in [2.24, 2.45) is 0 Å². The quantitative estimate of drug-likeness (QED) is 0.583. The van der Waals surface area contributed by atoms with Gasteiger partial charge in [0.05, 0.1) is 4.70 Å². The monoisotopic (exact) mass is 408 g/mol. The van der Waals surface area contributed by atoms with Crippen LogP contribution < -0.4 is 5.73 Å². The van der Waals surface area contributed by atoms with Gasteiger partial charge in [0.1, 0.15) is 40.3 Å². The first kappa shape index (κ1) is 18.2. The molecule has 29 heavy (non-hydrogen) atoms. The Morgan fingerprint density at radius 3 is 1.93 bits per heavy atom. The summed E-state index contributed by atoms with van der Waals surface area (Å²) < 4.78 is 0.924. The number of anilines is 1. The number of benzene rings is 1. The average Bonchev–Trinajstić information content (AvgIpc) is 3.35. The number of nitrogen functional groups attached to an aromatic ring is 1. The second-order valence-corrected chi connectivity index (χ2v) is 8.05. The number of fused-ring (bicyclic) bond motifs is 2. The third-order valence-corrected chi connectivity index (χ3v) is 6.30. The summed E-state index contributed by atoms with van der Waals surface area (Å²) in [4.78, 5) is 5.88. The van der Waals surface area contributed by atoms with Gasteiger partial charge in [-0.3, -0.25) is 0 Å². The molecule has 8 heteroatoms. The van der Waals surface area contributed by atoms with E-state index >= 15 is 0 Å². The fourth-order valence-corrected chi connectivity index (χ4v) is 5.22. The van der Waals surface area contributed by atoms with Crippen molar-refractivity contribution < 1.29 is 0 Å². The topological polar surface area (TPSA) is 134 Å². The predicted molar refractivity (Wildman–Crippen MR) is 113 cm³/mol. The molecule has 3 aromatic rings. The van der Waals surface area contributed by atoms with Crippen molar-refractivity contribution in [2.45, 2.75) is 0 Å². The van der Waals surface area contributed by atoms with Crippen LogP contribution in [0.1, 0.15) is 16.0 Å². The standard InChI is InChI=1S/C21H8N6S2/c22-7-11(8-23)18-14-3-1-2-4-15(14)19(12(9-24)10-25)16(18)5-13-6-17-20(28-13)27-21(26)29-17/h1-6H,(H2,26,27). The summed E-state index contributed by atoms with van der Waals surface area (Å²) in [7, 11) is 0. The second-order valence-electron chi connectivity index (χ2n) is 5.92. The maximum absolute atomic E-state index is 9.52. The Morgan fingerprint density at radius 1 is 0.897 bits per heavy atom. The molecule has 1 aromatic carbocycles. The van der Waals surface area contributed by atoms with E-state index in [1.165, 1.54) is 22.7 Å². The van der Waals surface area contributed by atoms with E-state index in [1.54, 1.807) is 30.3 Å². The highest BCUT2D eigenvalue weighted by Crippen LogP contribution is 2.49. The lowest BCUT2D eigenvalue weighted by Crippen LogP contribution is -1.89. The third kappa shape index (κ3) is 2.87. The van der Waals surface area contributed by atoms with Gasteiger partial charge in [0.15, 0.2) is 5.13 Å². The predicted octanol–water partition coefficient (Wildman–Crippen LogP) is 4.64. The van der Waals surface area contributed by atoms with Crippen molar-refractivity contribution >= 4 is 54.6 Å². The summed E-state index contributed by atoms with van der Waals surface area (Å²) in [5, 5.41) is 38.6. The van der Waals surface area contributed by atoms with Gasteiger partial charge in [-0.15, -0.1) is 11.3 Å². The first-order chi connectivity index (χ1) is 14.1. The summed E-state index contributed by atoms with van der Waals surface area (Å²) >= 11 is 2.77. The number of thiazole rings is 1. The molecular formula is C21H8N6S2. The summed E-state index contributed by atoms with van der Waals surface area (Å²) in [6, 6.07) is 16.8. The van der Waals surface area contributed by atoms with Crippen LogP contribution in [0.15, 0.2) is 47.1 Å². The molecule has 1 aliphatic carbocycles. The van der Waals surface area contributed by atoms with Crippen molar-refractivity contribution in [3.63, 3.8) is 0 Å². The highest BCUT2D eigenvalue weighted by atomic mass is 32.1. The van der Waals surface area contributed by atoms with Gasteiger partial charge in [-0.2, -0.15) is 21.0 Å². The van der Waals surface area contributed by atoms with Crippen LogP contribution in [-0.2, 0) is 0 Å². The van der Waals surface area contributed by atoms with Crippen LogP contribution in [0.25, 0.3) is 26.8 Å². The molecule has 0 saturated carbocycles. The fraction of sp³-hybridized carbons (Fsp3) is 0. The maximum Gasteiger partial charge on any atom is 0.181 e. The first-order valence-corrected chi connectivity index (χ1v) is 9.81. The lowest BCUT2D eigenvalue weighted by Gasteiger charge is -2.04. The largest absolute Gasteiger partial charge is 0.375 e. The molecule has 0 bridgehead atoms. The number of nitrogens with zero attached hydrogens (tertiary/aromatic N) is 5. The molecule has 4 rings (SSSR count). The van der Waals surface area contributed by atoms with Crippen LogP contribution >= 0.6 is 22.7 Å². The minimum Gasteiger partial charge on any atom is -0.375 e. The van der Waals surface area contributed by atoms with Crippen molar-refractivity contribution in [1.29, 1.82) is 21.0 Å². The van der Waals surface area contributed by atoms with E-state index in [9.17, 15) is 21.0 Å². The van der Waals surface area contributed by atoms with E-state index in [2.05, 4.69) is 4.98 Å². The van der Waals surface area contributed by atoms with Crippen molar-refractivity contribution in [2.75, 3.05) is 5.73 Å². The molecule has 0 amide bonds. The number of rotatable bonds is 1. The number of aromatic nitrogens is 1. The highest BCUT2D eigenvalue weighted by molar-refractivity contribution is 7.29. The van der Waals surface area contributed by atoms with E-state index in [1.807, 2.05) is 30.3 Å². The molecule has 0 aliphatic heterocycles. The molecular weight excluding hydrogens is 400 g/mol. The Kier molecular flexibility index (Phi) is 4.43. The molecule has 0 atom stereocenters. The zero-order chi connectivity index (χ0) is 20.5. The van der Waals surface area contributed by atoms with Crippen LogP contribution in [0.3, 0.4) is 0 Å². The Bertz CT molecular complexity index is 1320. The molecule has 0 radical (unpaired) electrons. The van der Waals surface area contributed by atoms with Crippen LogP contribution in [0.4, 0.5) is 5.13 Å². The van der Waals surface area contributed by atoms with Crippen LogP contribution in [0, 0.1) is 45.3 Å². The second kappa shape index (κ2) is 7.08. The molecule has 0 saturated heterocycles.